The molecule has 1 atom stereocenters. The second-order valence-corrected chi connectivity index (χ2v) is 6.96. The first kappa shape index (κ1) is 15.1. The van der Waals surface area contributed by atoms with E-state index in [1.807, 2.05) is 20.8 Å². The number of carbonyl (C=O) groups is 1. The highest BCUT2D eigenvalue weighted by Gasteiger charge is 2.18. The van der Waals surface area contributed by atoms with Crippen LogP contribution >= 0.6 is 11.8 Å². The summed E-state index contributed by atoms with van der Waals surface area (Å²) in [6.07, 6.45) is 2.97. The van der Waals surface area contributed by atoms with Gasteiger partial charge in [-0.1, -0.05) is 38.6 Å². The molecule has 1 rings (SSSR count). The molecule has 1 heterocycles. The molecule has 0 saturated heterocycles. The van der Waals surface area contributed by atoms with E-state index >= 15 is 0 Å². The van der Waals surface area contributed by atoms with Crippen molar-refractivity contribution >= 4 is 16.9 Å². The molecule has 0 aliphatic rings. The molecule has 0 bridgehead atoms. The van der Waals surface area contributed by atoms with E-state index in [2.05, 4.69) is 0 Å². The maximum absolute atomic E-state index is 11.8. The van der Waals surface area contributed by atoms with Crippen molar-refractivity contribution in [2.75, 3.05) is 0 Å². The average molecular weight is 268 g/mol. The molecule has 100 valence electrons. The highest BCUT2D eigenvalue weighted by Crippen LogP contribution is 2.27. The Labute approximate surface area is 112 Å². The maximum Gasteiger partial charge on any atom is 0.215 e. The van der Waals surface area contributed by atoms with Crippen LogP contribution in [0, 0.1) is 0 Å². The third-order valence-corrected chi connectivity index (χ3v) is 3.36. The molecule has 0 unspecified atom stereocenters. The fourth-order valence-electron chi connectivity index (χ4n) is 1.33. The van der Waals surface area contributed by atoms with Crippen molar-refractivity contribution < 1.29 is 14.3 Å². The summed E-state index contributed by atoms with van der Waals surface area (Å²) in [4.78, 5) is 11.8. The lowest BCUT2D eigenvalue weighted by molar-refractivity contribution is -0.107. The second kappa shape index (κ2) is 6.25. The normalized spacial score (nSPS) is 14.6. The summed E-state index contributed by atoms with van der Waals surface area (Å²) in [5, 5.41) is 9.87. The molecule has 0 aliphatic heterocycles. The lowest BCUT2D eigenvalue weighted by Gasteiger charge is -2.16. The number of thioether (sulfide) groups is 1. The van der Waals surface area contributed by atoms with Gasteiger partial charge in [-0.25, -0.2) is 0 Å². The summed E-state index contributed by atoms with van der Waals surface area (Å²) < 4.78 is 5.01. The van der Waals surface area contributed by atoms with Crippen LogP contribution in [0.2, 0.25) is 0 Å². The summed E-state index contributed by atoms with van der Waals surface area (Å²) in [5.41, 5.74) is 0.667. The zero-order valence-electron chi connectivity index (χ0n) is 11.3. The van der Waals surface area contributed by atoms with Gasteiger partial charge in [-0.05, 0) is 31.1 Å². The molecular weight excluding hydrogens is 248 g/mol. The summed E-state index contributed by atoms with van der Waals surface area (Å²) in [6.45, 7) is 7.78. The molecule has 3 nitrogen and oxygen atoms in total. The zero-order valence-corrected chi connectivity index (χ0v) is 12.1. The van der Waals surface area contributed by atoms with E-state index in [9.17, 15) is 9.90 Å². The third kappa shape index (κ3) is 5.10. The van der Waals surface area contributed by atoms with Gasteiger partial charge in [-0.3, -0.25) is 4.79 Å². The van der Waals surface area contributed by atoms with Crippen LogP contribution in [-0.2, 0) is 4.79 Å². The van der Waals surface area contributed by atoms with Crippen molar-refractivity contribution in [3.63, 3.8) is 0 Å². The van der Waals surface area contributed by atoms with Gasteiger partial charge in [-0.15, -0.1) is 0 Å². The maximum atomic E-state index is 11.8. The number of hydrogen-bond donors (Lipinski definition) is 1. The van der Waals surface area contributed by atoms with Crippen molar-refractivity contribution in [3.8, 4) is 0 Å². The van der Waals surface area contributed by atoms with Gasteiger partial charge in [0.1, 0.15) is 11.9 Å². The minimum atomic E-state index is -0.692. The molecule has 1 aromatic rings. The van der Waals surface area contributed by atoms with Crippen molar-refractivity contribution in [2.45, 2.75) is 45.0 Å². The van der Waals surface area contributed by atoms with Crippen LogP contribution < -0.4 is 0 Å². The fraction of sp³-hybridized carbons (Fsp3) is 0.500. The number of hydrogen-bond acceptors (Lipinski definition) is 4. The van der Waals surface area contributed by atoms with E-state index in [4.69, 9.17) is 4.42 Å². The third-order valence-electron chi connectivity index (χ3n) is 2.24. The van der Waals surface area contributed by atoms with E-state index in [-0.39, 0.29) is 9.86 Å². The van der Waals surface area contributed by atoms with Gasteiger partial charge in [0.05, 0.1) is 6.26 Å². The molecule has 0 spiro atoms. The summed E-state index contributed by atoms with van der Waals surface area (Å²) >= 11 is 1.30. The summed E-state index contributed by atoms with van der Waals surface area (Å²) in [7, 11) is 0. The SMILES string of the molecule is C/C(=C\C[C@H](O)c1ccco1)C(=O)SC(C)(C)C. The predicted octanol–water partition coefficient (Wildman–Crippen LogP) is 3.71. The Bertz CT molecular complexity index is 413. The standard InChI is InChI=1S/C14H20O3S/c1-10(13(16)18-14(2,3)4)7-8-11(15)12-6-5-9-17-12/h5-7,9,11,15H,8H2,1-4H3/b10-7+/t11-/m0/s1. The minimum absolute atomic E-state index is 0.0501. The van der Waals surface area contributed by atoms with Gasteiger partial charge >= 0.3 is 0 Å². The van der Waals surface area contributed by atoms with Gasteiger partial charge < -0.3 is 9.52 Å². The van der Waals surface area contributed by atoms with Crippen molar-refractivity contribution in [1.82, 2.24) is 0 Å². The van der Waals surface area contributed by atoms with E-state index < -0.39 is 6.10 Å². The molecule has 0 amide bonds. The lowest BCUT2D eigenvalue weighted by atomic mass is 10.1. The molecule has 0 radical (unpaired) electrons. The Morgan fingerprint density at radius 2 is 2.22 bits per heavy atom. The van der Waals surface area contributed by atoms with Crippen molar-refractivity contribution in [2.24, 2.45) is 0 Å². The van der Waals surface area contributed by atoms with Gasteiger partial charge in [-0.2, -0.15) is 0 Å². The van der Waals surface area contributed by atoms with Crippen molar-refractivity contribution in [1.29, 1.82) is 0 Å². The summed E-state index contributed by atoms with van der Waals surface area (Å²) in [5.74, 6) is 0.523. The number of aliphatic hydroxyl groups is 1. The summed E-state index contributed by atoms with van der Waals surface area (Å²) in [6, 6.07) is 3.45. The van der Waals surface area contributed by atoms with Gasteiger partial charge in [0.2, 0.25) is 5.12 Å². The molecule has 0 fully saturated rings. The predicted molar refractivity (Wildman–Crippen MR) is 74.4 cm³/mol. The fourth-order valence-corrected chi connectivity index (χ4v) is 2.13. The van der Waals surface area contributed by atoms with E-state index in [0.29, 0.717) is 17.8 Å². The molecule has 1 aromatic heterocycles. The number of furan rings is 1. The second-order valence-electron chi connectivity index (χ2n) is 5.16. The van der Waals surface area contributed by atoms with Crippen LogP contribution in [0.1, 0.15) is 46.0 Å². The topological polar surface area (TPSA) is 50.4 Å². The first-order chi connectivity index (χ1) is 8.29. The van der Waals surface area contributed by atoms with Crippen LogP contribution in [0.4, 0.5) is 0 Å². The highest BCUT2D eigenvalue weighted by molar-refractivity contribution is 8.15. The zero-order chi connectivity index (χ0) is 13.8. The van der Waals surface area contributed by atoms with Crippen LogP contribution in [0.15, 0.2) is 34.5 Å². The Kier molecular flexibility index (Phi) is 5.23. The Morgan fingerprint density at radius 3 is 2.72 bits per heavy atom. The lowest BCUT2D eigenvalue weighted by Crippen LogP contribution is -2.12. The number of aliphatic hydroxyl groups excluding tert-OH is 1. The minimum Gasteiger partial charge on any atom is -0.467 e. The Morgan fingerprint density at radius 1 is 1.56 bits per heavy atom. The Hall–Kier alpha value is -1.000. The quantitative estimate of drug-likeness (QED) is 0.846. The molecule has 0 aromatic carbocycles. The van der Waals surface area contributed by atoms with Gasteiger partial charge in [0.25, 0.3) is 0 Å². The van der Waals surface area contributed by atoms with E-state index in [0.717, 1.165) is 0 Å². The molecule has 4 heteroatoms. The van der Waals surface area contributed by atoms with Crippen molar-refractivity contribution in [3.05, 3.63) is 35.8 Å². The van der Waals surface area contributed by atoms with Crippen LogP contribution in [0.5, 0.6) is 0 Å². The van der Waals surface area contributed by atoms with E-state index in [1.54, 1.807) is 25.1 Å². The smallest absolute Gasteiger partial charge is 0.215 e. The largest absolute Gasteiger partial charge is 0.467 e. The molecule has 0 saturated carbocycles. The van der Waals surface area contributed by atoms with Crippen LogP contribution in [-0.4, -0.2) is 15.0 Å². The van der Waals surface area contributed by atoms with Crippen LogP contribution in [0.3, 0.4) is 0 Å². The van der Waals surface area contributed by atoms with E-state index in [1.165, 1.54) is 18.0 Å². The number of rotatable bonds is 4. The monoisotopic (exact) mass is 268 g/mol. The molecule has 1 N–H and O–H groups in total. The first-order valence-electron chi connectivity index (χ1n) is 5.91. The van der Waals surface area contributed by atoms with Gasteiger partial charge in [0, 0.05) is 4.75 Å². The molecular formula is C14H20O3S. The highest BCUT2D eigenvalue weighted by atomic mass is 32.2. The molecule has 18 heavy (non-hydrogen) atoms. The molecule has 0 aliphatic carbocycles. The van der Waals surface area contributed by atoms with Crippen LogP contribution in [0.25, 0.3) is 0 Å². The van der Waals surface area contributed by atoms with Gasteiger partial charge in [0.15, 0.2) is 0 Å². The number of carbonyl (C=O) groups excluding carboxylic acids is 1. The first-order valence-corrected chi connectivity index (χ1v) is 6.73. The average Bonchev–Trinajstić information content (AvgIpc) is 2.76. The Balaban J connectivity index is 2.54.